The minimum atomic E-state index is 0.573. The predicted molar refractivity (Wildman–Crippen MR) is 52.5 cm³/mol. The van der Waals surface area contributed by atoms with E-state index in [2.05, 4.69) is 39.5 Å². The molecular weight excluding hydrogens is 132 g/mol. The van der Waals surface area contributed by atoms with Gasteiger partial charge in [0.25, 0.3) is 0 Å². The van der Waals surface area contributed by atoms with Crippen LogP contribution in [0.5, 0.6) is 0 Å². The highest BCUT2D eigenvalue weighted by Gasteiger charge is 2.00. The fourth-order valence-electron chi connectivity index (χ4n) is 1.03. The minimum Gasteiger partial charge on any atom is -0.0958 e. The zero-order chi connectivity index (χ0) is 8.85. The molecule has 0 atom stereocenters. The molecule has 0 radical (unpaired) electrons. The number of rotatable bonds is 3. The van der Waals surface area contributed by atoms with Crippen molar-refractivity contribution in [2.24, 2.45) is 5.92 Å². The summed E-state index contributed by atoms with van der Waals surface area (Å²) in [7, 11) is 0. The Balaban J connectivity index is 4.46. The van der Waals surface area contributed by atoms with Crippen LogP contribution in [0.3, 0.4) is 0 Å². The summed E-state index contributed by atoms with van der Waals surface area (Å²) in [5, 5.41) is 0. The van der Waals surface area contributed by atoms with Gasteiger partial charge in [0.05, 0.1) is 0 Å². The third-order valence-corrected chi connectivity index (χ3v) is 1.58. The molecule has 0 heteroatoms. The van der Waals surface area contributed by atoms with Gasteiger partial charge in [-0.25, -0.2) is 0 Å². The molecule has 0 bridgehead atoms. The number of allylic oxidation sites excluding steroid dienone is 5. The molecule has 0 saturated heterocycles. The van der Waals surface area contributed by atoms with Gasteiger partial charge in [0.2, 0.25) is 0 Å². The summed E-state index contributed by atoms with van der Waals surface area (Å²) >= 11 is 0. The Kier molecular flexibility index (Phi) is 4.60. The Morgan fingerprint density at radius 2 is 1.91 bits per heavy atom. The molecule has 0 nitrogen and oxygen atoms in total. The Morgan fingerprint density at radius 3 is 2.18 bits per heavy atom. The molecular formula is C11H18. The largest absolute Gasteiger partial charge is 0.0958 e. The lowest BCUT2D eigenvalue weighted by atomic mass is 9.97. The third-order valence-electron chi connectivity index (χ3n) is 1.58. The van der Waals surface area contributed by atoms with E-state index in [-0.39, 0.29) is 0 Å². The molecule has 0 rings (SSSR count). The van der Waals surface area contributed by atoms with E-state index in [1.165, 1.54) is 5.57 Å². The van der Waals surface area contributed by atoms with E-state index in [4.69, 9.17) is 0 Å². The highest BCUT2D eigenvalue weighted by molar-refractivity contribution is 5.31. The van der Waals surface area contributed by atoms with Gasteiger partial charge in [-0.15, -0.1) is 0 Å². The average molecular weight is 150 g/mol. The summed E-state index contributed by atoms with van der Waals surface area (Å²) in [6.07, 6.45) is 6.22. The average Bonchev–Trinajstić information content (AvgIpc) is 1.87. The highest BCUT2D eigenvalue weighted by atomic mass is 14.1. The van der Waals surface area contributed by atoms with Crippen molar-refractivity contribution in [1.29, 1.82) is 0 Å². The maximum Gasteiger partial charge on any atom is -0.0216 e. The molecule has 62 valence electrons. The van der Waals surface area contributed by atoms with Crippen LogP contribution in [0.1, 0.15) is 27.7 Å². The van der Waals surface area contributed by atoms with Crippen molar-refractivity contribution in [2.75, 3.05) is 0 Å². The van der Waals surface area contributed by atoms with Gasteiger partial charge < -0.3 is 0 Å². The molecule has 0 aliphatic carbocycles. The lowest BCUT2D eigenvalue weighted by molar-refractivity contribution is 0.779. The first-order chi connectivity index (χ1) is 5.09. The Hall–Kier alpha value is -0.780. The van der Waals surface area contributed by atoms with Crippen LogP contribution in [-0.4, -0.2) is 0 Å². The fourth-order valence-corrected chi connectivity index (χ4v) is 1.03. The van der Waals surface area contributed by atoms with Crippen LogP contribution in [0, 0.1) is 5.92 Å². The summed E-state index contributed by atoms with van der Waals surface area (Å²) in [6.45, 7) is 12.4. The van der Waals surface area contributed by atoms with Gasteiger partial charge in [0.1, 0.15) is 0 Å². The lowest BCUT2D eigenvalue weighted by Crippen LogP contribution is -1.93. The van der Waals surface area contributed by atoms with Crippen LogP contribution in [0.4, 0.5) is 0 Å². The third kappa shape index (κ3) is 3.82. The maximum absolute atomic E-state index is 3.93. The van der Waals surface area contributed by atoms with E-state index >= 15 is 0 Å². The standard InChI is InChI=1S/C11H18/c1-6-7-8-11(9(2)3)10(4)5/h6-8,10H,2H2,1,3-5H3. The molecule has 0 fully saturated rings. The van der Waals surface area contributed by atoms with E-state index in [1.807, 2.05) is 13.0 Å². The molecule has 0 spiro atoms. The lowest BCUT2D eigenvalue weighted by Gasteiger charge is -2.09. The van der Waals surface area contributed by atoms with Crippen LogP contribution in [0.15, 0.2) is 36.0 Å². The quantitative estimate of drug-likeness (QED) is 0.538. The van der Waals surface area contributed by atoms with Crippen molar-refractivity contribution in [3.05, 3.63) is 36.0 Å². The Bertz CT molecular complexity index is 180. The fraction of sp³-hybridized carbons (Fsp3) is 0.455. The van der Waals surface area contributed by atoms with Crippen molar-refractivity contribution in [2.45, 2.75) is 27.7 Å². The zero-order valence-electron chi connectivity index (χ0n) is 8.02. The van der Waals surface area contributed by atoms with E-state index in [1.54, 1.807) is 0 Å². The van der Waals surface area contributed by atoms with E-state index in [0.29, 0.717) is 5.92 Å². The van der Waals surface area contributed by atoms with Crippen LogP contribution < -0.4 is 0 Å². The molecule has 0 saturated carbocycles. The SMILES string of the molecule is C=C(C)C(=CC=CC)C(C)C. The molecule has 0 aromatic rings. The minimum absolute atomic E-state index is 0.573. The van der Waals surface area contributed by atoms with E-state index < -0.39 is 0 Å². The topological polar surface area (TPSA) is 0 Å². The van der Waals surface area contributed by atoms with Crippen LogP contribution in [0.25, 0.3) is 0 Å². The predicted octanol–water partition coefficient (Wildman–Crippen LogP) is 3.72. The van der Waals surface area contributed by atoms with Crippen molar-refractivity contribution in [3.63, 3.8) is 0 Å². The molecule has 0 unspecified atom stereocenters. The first-order valence-electron chi connectivity index (χ1n) is 4.08. The van der Waals surface area contributed by atoms with Crippen LogP contribution in [0.2, 0.25) is 0 Å². The Morgan fingerprint density at radius 1 is 1.36 bits per heavy atom. The molecule has 11 heavy (non-hydrogen) atoms. The monoisotopic (exact) mass is 150 g/mol. The second-order valence-electron chi connectivity index (χ2n) is 3.08. The smallest absolute Gasteiger partial charge is 0.0216 e. The van der Waals surface area contributed by atoms with Crippen molar-refractivity contribution in [3.8, 4) is 0 Å². The highest BCUT2D eigenvalue weighted by Crippen LogP contribution is 2.17. The normalized spacial score (nSPS) is 13.0. The van der Waals surface area contributed by atoms with Gasteiger partial charge in [0, 0.05) is 0 Å². The summed E-state index contributed by atoms with van der Waals surface area (Å²) in [5.41, 5.74) is 2.50. The molecule has 0 aliphatic rings. The molecule has 0 heterocycles. The van der Waals surface area contributed by atoms with E-state index in [0.717, 1.165) is 5.57 Å². The summed E-state index contributed by atoms with van der Waals surface area (Å²) in [5.74, 6) is 0.573. The van der Waals surface area contributed by atoms with Gasteiger partial charge in [-0.2, -0.15) is 0 Å². The van der Waals surface area contributed by atoms with Gasteiger partial charge in [-0.1, -0.05) is 44.2 Å². The second kappa shape index (κ2) is 4.95. The Labute approximate surface area is 70.3 Å². The van der Waals surface area contributed by atoms with Crippen molar-refractivity contribution >= 4 is 0 Å². The molecule has 0 aromatic carbocycles. The van der Waals surface area contributed by atoms with Gasteiger partial charge >= 0.3 is 0 Å². The molecule has 0 amide bonds. The zero-order valence-corrected chi connectivity index (χ0v) is 8.02. The van der Waals surface area contributed by atoms with Gasteiger partial charge in [-0.3, -0.25) is 0 Å². The summed E-state index contributed by atoms with van der Waals surface area (Å²) in [4.78, 5) is 0. The van der Waals surface area contributed by atoms with Crippen LogP contribution in [-0.2, 0) is 0 Å². The second-order valence-corrected chi connectivity index (χ2v) is 3.08. The van der Waals surface area contributed by atoms with Crippen LogP contribution >= 0.6 is 0 Å². The van der Waals surface area contributed by atoms with Gasteiger partial charge in [0.15, 0.2) is 0 Å². The molecule has 0 aliphatic heterocycles. The summed E-state index contributed by atoms with van der Waals surface area (Å²) < 4.78 is 0. The van der Waals surface area contributed by atoms with Gasteiger partial charge in [-0.05, 0) is 25.3 Å². The number of hydrogen-bond acceptors (Lipinski definition) is 0. The van der Waals surface area contributed by atoms with Crippen molar-refractivity contribution in [1.82, 2.24) is 0 Å². The molecule has 0 aromatic heterocycles. The first kappa shape index (κ1) is 10.2. The van der Waals surface area contributed by atoms with E-state index in [9.17, 15) is 0 Å². The first-order valence-corrected chi connectivity index (χ1v) is 4.08. The van der Waals surface area contributed by atoms with Crippen molar-refractivity contribution < 1.29 is 0 Å². The maximum atomic E-state index is 3.93. The molecule has 0 N–H and O–H groups in total. The number of hydrogen-bond donors (Lipinski definition) is 0. The summed E-state index contributed by atoms with van der Waals surface area (Å²) in [6, 6.07) is 0.